The molecule has 0 aromatic heterocycles. The molecule has 1 N–H and O–H groups in total. The van der Waals surface area contributed by atoms with Crippen LogP contribution in [0.3, 0.4) is 0 Å². The van der Waals surface area contributed by atoms with Gasteiger partial charge in [0.15, 0.2) is 5.96 Å². The molecule has 3 atom stereocenters. The van der Waals surface area contributed by atoms with Crippen LogP contribution in [0.2, 0.25) is 0 Å². The average molecular weight is 437 g/mol. The van der Waals surface area contributed by atoms with E-state index in [2.05, 4.69) is 22.1 Å². The van der Waals surface area contributed by atoms with E-state index >= 15 is 0 Å². The molecule has 3 fully saturated rings. The number of halogens is 1. The summed E-state index contributed by atoms with van der Waals surface area (Å²) in [7, 11) is 1.89. The lowest BCUT2D eigenvalue weighted by atomic mass is 10.1. The number of hydrogen-bond acceptors (Lipinski definition) is 3. The van der Waals surface area contributed by atoms with Gasteiger partial charge in [0.25, 0.3) is 0 Å². The Morgan fingerprint density at radius 2 is 2.00 bits per heavy atom. The Hall–Kier alpha value is -0.0800. The number of ether oxygens (including phenoxy) is 2. The SMILES string of the molecule is CN=C(NC1CC1C)N1CCC(OCC2CCCCO2)CC1.I. The van der Waals surface area contributed by atoms with Gasteiger partial charge in [-0.3, -0.25) is 4.99 Å². The van der Waals surface area contributed by atoms with E-state index in [9.17, 15) is 0 Å². The minimum atomic E-state index is 0. The molecule has 1 saturated carbocycles. The van der Waals surface area contributed by atoms with Gasteiger partial charge in [0, 0.05) is 32.8 Å². The Morgan fingerprint density at radius 3 is 2.57 bits per heavy atom. The molecule has 0 aromatic carbocycles. The minimum absolute atomic E-state index is 0. The average Bonchev–Trinajstić information content (AvgIpc) is 3.27. The van der Waals surface area contributed by atoms with Crippen LogP contribution in [0.5, 0.6) is 0 Å². The molecule has 1 aliphatic carbocycles. The zero-order valence-corrected chi connectivity index (χ0v) is 16.8. The molecule has 6 heteroatoms. The van der Waals surface area contributed by atoms with Crippen molar-refractivity contribution < 1.29 is 9.47 Å². The first-order valence-electron chi connectivity index (χ1n) is 8.97. The van der Waals surface area contributed by atoms with Gasteiger partial charge in [0.2, 0.25) is 0 Å². The molecule has 0 bridgehead atoms. The maximum atomic E-state index is 6.08. The van der Waals surface area contributed by atoms with Gasteiger partial charge in [-0.15, -0.1) is 24.0 Å². The van der Waals surface area contributed by atoms with Crippen LogP contribution >= 0.6 is 24.0 Å². The highest BCUT2D eigenvalue weighted by Gasteiger charge is 2.34. The summed E-state index contributed by atoms with van der Waals surface area (Å²) in [6, 6.07) is 0.635. The van der Waals surface area contributed by atoms with Gasteiger partial charge in [0.1, 0.15) is 0 Å². The van der Waals surface area contributed by atoms with Gasteiger partial charge in [-0.2, -0.15) is 0 Å². The van der Waals surface area contributed by atoms with Crippen molar-refractivity contribution in [3.63, 3.8) is 0 Å². The highest BCUT2D eigenvalue weighted by molar-refractivity contribution is 14.0. The van der Waals surface area contributed by atoms with E-state index in [1.807, 2.05) is 7.05 Å². The fraction of sp³-hybridized carbons (Fsp3) is 0.941. The number of aliphatic imine (C=N–C) groups is 1. The van der Waals surface area contributed by atoms with Crippen molar-refractivity contribution in [3.8, 4) is 0 Å². The Labute approximate surface area is 157 Å². The second-order valence-corrected chi connectivity index (χ2v) is 7.02. The molecule has 0 aromatic rings. The number of likely N-dealkylation sites (tertiary alicyclic amines) is 1. The number of rotatable bonds is 4. The van der Waals surface area contributed by atoms with Gasteiger partial charge in [-0.1, -0.05) is 6.92 Å². The third-order valence-electron chi connectivity index (χ3n) is 5.17. The second-order valence-electron chi connectivity index (χ2n) is 7.02. The predicted molar refractivity (Wildman–Crippen MR) is 104 cm³/mol. The van der Waals surface area contributed by atoms with Crippen LogP contribution in [-0.2, 0) is 9.47 Å². The third-order valence-corrected chi connectivity index (χ3v) is 5.17. The standard InChI is InChI=1S/C17H31N3O2.HI/c1-13-11-16(13)19-17(18-2)20-8-6-14(7-9-20)22-12-15-5-3-4-10-21-15;/h13-16H,3-12H2,1-2H3,(H,18,19);1H. The molecule has 2 heterocycles. The van der Waals surface area contributed by atoms with Gasteiger partial charge in [0.05, 0.1) is 18.8 Å². The molecule has 2 aliphatic heterocycles. The Kier molecular flexibility index (Phi) is 7.88. The minimum Gasteiger partial charge on any atom is -0.376 e. The second kappa shape index (κ2) is 9.42. The van der Waals surface area contributed by atoms with Crippen LogP contribution < -0.4 is 5.32 Å². The third kappa shape index (κ3) is 5.74. The molecule has 5 nitrogen and oxygen atoms in total. The summed E-state index contributed by atoms with van der Waals surface area (Å²) >= 11 is 0. The maximum absolute atomic E-state index is 6.08. The van der Waals surface area contributed by atoms with E-state index in [-0.39, 0.29) is 24.0 Å². The van der Waals surface area contributed by atoms with Crippen molar-refractivity contribution in [2.24, 2.45) is 10.9 Å². The molecule has 3 unspecified atom stereocenters. The molecule has 23 heavy (non-hydrogen) atoms. The van der Waals surface area contributed by atoms with Gasteiger partial charge in [-0.05, 0) is 44.4 Å². The Bertz CT molecular complexity index is 380. The van der Waals surface area contributed by atoms with Crippen LogP contribution in [0.15, 0.2) is 4.99 Å². The predicted octanol–water partition coefficient (Wildman–Crippen LogP) is 2.64. The lowest BCUT2D eigenvalue weighted by molar-refractivity contribution is -0.0721. The van der Waals surface area contributed by atoms with Crippen LogP contribution in [0.1, 0.15) is 45.4 Å². The normalized spacial score (nSPS) is 32.3. The molecule has 3 rings (SSSR count). The summed E-state index contributed by atoms with van der Waals surface area (Å²) in [6.07, 6.45) is 7.84. The summed E-state index contributed by atoms with van der Waals surface area (Å²) in [5.41, 5.74) is 0. The van der Waals surface area contributed by atoms with E-state index in [1.165, 1.54) is 19.3 Å². The lowest BCUT2D eigenvalue weighted by Gasteiger charge is -2.35. The monoisotopic (exact) mass is 437 g/mol. The van der Waals surface area contributed by atoms with Gasteiger partial charge < -0.3 is 19.7 Å². The smallest absolute Gasteiger partial charge is 0.193 e. The van der Waals surface area contributed by atoms with E-state index in [0.717, 1.165) is 57.4 Å². The number of hydrogen-bond donors (Lipinski definition) is 1. The summed E-state index contributed by atoms with van der Waals surface area (Å²) in [4.78, 5) is 6.82. The fourth-order valence-electron chi connectivity index (χ4n) is 3.40. The van der Waals surface area contributed by atoms with E-state index in [0.29, 0.717) is 18.2 Å². The first kappa shape index (κ1) is 19.2. The highest BCUT2D eigenvalue weighted by Crippen LogP contribution is 2.29. The molecule has 2 saturated heterocycles. The van der Waals surface area contributed by atoms with Gasteiger partial charge >= 0.3 is 0 Å². The summed E-state index contributed by atoms with van der Waals surface area (Å²) in [5.74, 6) is 1.87. The fourth-order valence-corrected chi connectivity index (χ4v) is 3.40. The van der Waals surface area contributed by atoms with Crippen molar-refractivity contribution in [2.75, 3.05) is 33.4 Å². The van der Waals surface area contributed by atoms with Crippen molar-refractivity contribution in [1.82, 2.24) is 10.2 Å². The molecule has 0 spiro atoms. The first-order chi connectivity index (χ1) is 10.8. The molecule has 0 amide bonds. The van der Waals surface area contributed by atoms with Gasteiger partial charge in [-0.25, -0.2) is 0 Å². The topological polar surface area (TPSA) is 46.1 Å². The maximum Gasteiger partial charge on any atom is 0.193 e. The quantitative estimate of drug-likeness (QED) is 0.418. The molecular formula is C17H32IN3O2. The molecular weight excluding hydrogens is 405 g/mol. The Balaban J connectivity index is 0.00000192. The summed E-state index contributed by atoms with van der Waals surface area (Å²) < 4.78 is 11.8. The van der Waals surface area contributed by atoms with Crippen molar-refractivity contribution in [3.05, 3.63) is 0 Å². The molecule has 134 valence electrons. The zero-order valence-electron chi connectivity index (χ0n) is 14.5. The van der Waals surface area contributed by atoms with E-state index in [4.69, 9.17) is 9.47 Å². The largest absolute Gasteiger partial charge is 0.376 e. The molecule has 0 radical (unpaired) electrons. The lowest BCUT2D eigenvalue weighted by Crippen LogP contribution is -2.48. The first-order valence-corrected chi connectivity index (χ1v) is 8.97. The van der Waals surface area contributed by atoms with Crippen LogP contribution in [0.4, 0.5) is 0 Å². The highest BCUT2D eigenvalue weighted by atomic mass is 127. The number of nitrogens with one attached hydrogen (secondary N) is 1. The van der Waals surface area contributed by atoms with Crippen LogP contribution in [0.25, 0.3) is 0 Å². The Morgan fingerprint density at radius 1 is 1.26 bits per heavy atom. The number of guanidine groups is 1. The molecule has 3 aliphatic rings. The van der Waals surface area contributed by atoms with E-state index in [1.54, 1.807) is 0 Å². The van der Waals surface area contributed by atoms with Crippen molar-refractivity contribution >= 4 is 29.9 Å². The van der Waals surface area contributed by atoms with Crippen LogP contribution in [0, 0.1) is 5.92 Å². The summed E-state index contributed by atoms with van der Waals surface area (Å²) in [6.45, 7) is 6.05. The number of piperidine rings is 1. The summed E-state index contributed by atoms with van der Waals surface area (Å²) in [5, 5.41) is 3.57. The zero-order chi connectivity index (χ0) is 15.4. The van der Waals surface area contributed by atoms with Crippen LogP contribution in [-0.4, -0.2) is 62.5 Å². The number of nitrogens with zero attached hydrogens (tertiary/aromatic N) is 2. The van der Waals surface area contributed by atoms with Crippen molar-refractivity contribution in [2.45, 2.75) is 63.7 Å². The van der Waals surface area contributed by atoms with Crippen molar-refractivity contribution in [1.29, 1.82) is 0 Å². The van der Waals surface area contributed by atoms with E-state index < -0.39 is 0 Å².